The van der Waals surface area contributed by atoms with Crippen LogP contribution in [0.15, 0.2) is 77.7 Å². The first-order chi connectivity index (χ1) is 15.7. The van der Waals surface area contributed by atoms with E-state index in [2.05, 4.69) is 15.0 Å². The summed E-state index contributed by atoms with van der Waals surface area (Å²) in [6, 6.07) is 17.4. The molecular formula is C22H16F2N4O3S2. The number of nitrogen functional groups attached to an aromatic ring is 1. The number of para-hydroxylation sites is 1. The van der Waals surface area contributed by atoms with E-state index in [0.29, 0.717) is 11.4 Å². The molecule has 7 nitrogen and oxygen atoms in total. The quantitative estimate of drug-likeness (QED) is 0.324. The molecule has 4 N–H and O–H groups in total. The molecule has 0 bridgehead atoms. The van der Waals surface area contributed by atoms with Crippen LogP contribution in [0, 0.1) is 11.6 Å². The molecule has 0 aliphatic heterocycles. The van der Waals surface area contributed by atoms with Crippen molar-refractivity contribution in [1.29, 1.82) is 0 Å². The smallest absolute Gasteiger partial charge is 0.261 e. The monoisotopic (exact) mass is 486 g/mol. The van der Waals surface area contributed by atoms with Gasteiger partial charge in [-0.2, -0.15) is 0 Å². The fourth-order valence-corrected chi connectivity index (χ4v) is 4.85. The zero-order valence-corrected chi connectivity index (χ0v) is 18.4. The first-order valence-electron chi connectivity index (χ1n) is 9.44. The molecule has 11 heteroatoms. The van der Waals surface area contributed by atoms with Gasteiger partial charge in [0.1, 0.15) is 22.3 Å². The van der Waals surface area contributed by atoms with Crippen LogP contribution in [0.5, 0.6) is 0 Å². The molecule has 0 radical (unpaired) electrons. The van der Waals surface area contributed by atoms with E-state index in [9.17, 15) is 22.0 Å². The molecule has 1 heterocycles. The Bertz CT molecular complexity index is 1400. The Hall–Kier alpha value is -3.83. The molecule has 4 aromatic rings. The normalized spacial score (nSPS) is 11.2. The molecule has 0 fully saturated rings. The number of anilines is 4. The van der Waals surface area contributed by atoms with Crippen molar-refractivity contribution in [2.24, 2.45) is 0 Å². The van der Waals surface area contributed by atoms with Crippen LogP contribution in [0.1, 0.15) is 15.2 Å². The molecule has 0 saturated heterocycles. The molecule has 0 spiro atoms. The van der Waals surface area contributed by atoms with Crippen LogP contribution in [-0.2, 0) is 10.0 Å². The van der Waals surface area contributed by atoms with Crippen molar-refractivity contribution >= 4 is 49.5 Å². The third-order valence-corrected chi connectivity index (χ3v) is 6.87. The van der Waals surface area contributed by atoms with E-state index in [0.717, 1.165) is 29.5 Å². The third-order valence-electron chi connectivity index (χ3n) is 4.49. The highest BCUT2D eigenvalue weighted by atomic mass is 32.2. The van der Waals surface area contributed by atoms with Gasteiger partial charge in [-0.1, -0.05) is 35.6 Å². The van der Waals surface area contributed by atoms with Gasteiger partial charge in [0.2, 0.25) is 5.78 Å². The van der Waals surface area contributed by atoms with Gasteiger partial charge in [0.15, 0.2) is 5.13 Å². The number of nitrogens with two attached hydrogens (primary N) is 1. The maximum absolute atomic E-state index is 14.0. The van der Waals surface area contributed by atoms with Gasteiger partial charge in [0.05, 0.1) is 10.5 Å². The van der Waals surface area contributed by atoms with Crippen LogP contribution in [-0.4, -0.2) is 19.2 Å². The Morgan fingerprint density at radius 2 is 1.52 bits per heavy atom. The van der Waals surface area contributed by atoms with Gasteiger partial charge in [-0.15, -0.1) is 0 Å². The first kappa shape index (κ1) is 22.4. The van der Waals surface area contributed by atoms with Gasteiger partial charge < -0.3 is 11.1 Å². The topological polar surface area (TPSA) is 114 Å². The van der Waals surface area contributed by atoms with Crippen molar-refractivity contribution in [2.75, 3.05) is 15.8 Å². The molecule has 0 saturated carbocycles. The molecule has 0 aliphatic carbocycles. The lowest BCUT2D eigenvalue weighted by Crippen LogP contribution is -2.12. The second-order valence-corrected chi connectivity index (χ2v) is 9.46. The van der Waals surface area contributed by atoms with Crippen molar-refractivity contribution < 1.29 is 22.0 Å². The Balaban J connectivity index is 1.52. The molecule has 0 aliphatic rings. The van der Waals surface area contributed by atoms with E-state index in [4.69, 9.17) is 5.73 Å². The van der Waals surface area contributed by atoms with E-state index >= 15 is 0 Å². The highest BCUT2D eigenvalue weighted by molar-refractivity contribution is 7.92. The lowest BCUT2D eigenvalue weighted by Gasteiger charge is -2.09. The Morgan fingerprint density at radius 3 is 2.15 bits per heavy atom. The van der Waals surface area contributed by atoms with Gasteiger partial charge in [-0.3, -0.25) is 9.52 Å². The van der Waals surface area contributed by atoms with Crippen LogP contribution >= 0.6 is 11.3 Å². The zero-order valence-electron chi connectivity index (χ0n) is 16.7. The molecular weight excluding hydrogens is 470 g/mol. The summed E-state index contributed by atoms with van der Waals surface area (Å²) in [6.07, 6.45) is 0. The molecule has 0 amide bonds. The minimum absolute atomic E-state index is 0.0430. The van der Waals surface area contributed by atoms with Crippen molar-refractivity contribution in [2.45, 2.75) is 4.90 Å². The number of nitrogens with zero attached hydrogens (tertiary/aromatic N) is 1. The summed E-state index contributed by atoms with van der Waals surface area (Å²) in [5, 5.41) is 3.10. The molecule has 33 heavy (non-hydrogen) atoms. The standard InChI is InChI=1S/C22H16F2N4O3S2/c23-16-7-4-8-17(24)18(16)19(29)20-21(25)27-22(32-20)26-13-9-11-15(12-10-13)33(30,31)28-14-5-2-1-3-6-14/h1-12,28H,25H2,(H,26,27). The van der Waals surface area contributed by atoms with Gasteiger partial charge in [-0.25, -0.2) is 22.2 Å². The van der Waals surface area contributed by atoms with E-state index in [1.165, 1.54) is 24.3 Å². The van der Waals surface area contributed by atoms with E-state index in [-0.39, 0.29) is 20.7 Å². The number of rotatable bonds is 7. The summed E-state index contributed by atoms with van der Waals surface area (Å²) in [6.45, 7) is 0. The number of benzene rings is 3. The molecule has 168 valence electrons. The fourth-order valence-electron chi connectivity index (χ4n) is 2.94. The highest BCUT2D eigenvalue weighted by Gasteiger charge is 2.24. The molecule has 0 atom stereocenters. The van der Waals surface area contributed by atoms with E-state index in [1.54, 1.807) is 30.3 Å². The summed E-state index contributed by atoms with van der Waals surface area (Å²) >= 11 is 0.826. The number of ketones is 1. The lowest BCUT2D eigenvalue weighted by atomic mass is 10.1. The van der Waals surface area contributed by atoms with Crippen molar-refractivity contribution in [3.05, 3.63) is 94.9 Å². The maximum Gasteiger partial charge on any atom is 0.261 e. The number of carbonyl (C=O) groups is 1. The number of thiazole rings is 1. The Morgan fingerprint density at radius 1 is 0.879 bits per heavy atom. The number of halogens is 2. The number of sulfonamides is 1. The van der Waals surface area contributed by atoms with Crippen molar-refractivity contribution in [1.82, 2.24) is 4.98 Å². The minimum Gasteiger partial charge on any atom is -0.382 e. The summed E-state index contributed by atoms with van der Waals surface area (Å²) < 4.78 is 55.4. The predicted octanol–water partition coefficient (Wildman–Crippen LogP) is 4.78. The van der Waals surface area contributed by atoms with E-state index in [1.807, 2.05) is 0 Å². The number of aromatic nitrogens is 1. The summed E-state index contributed by atoms with van der Waals surface area (Å²) in [7, 11) is -3.78. The van der Waals surface area contributed by atoms with Crippen LogP contribution in [0.2, 0.25) is 0 Å². The summed E-state index contributed by atoms with van der Waals surface area (Å²) in [5.41, 5.74) is 5.99. The minimum atomic E-state index is -3.78. The maximum atomic E-state index is 14.0. The summed E-state index contributed by atoms with van der Waals surface area (Å²) in [5.74, 6) is -3.09. The Kier molecular flexibility index (Phi) is 6.07. The number of hydrogen-bond acceptors (Lipinski definition) is 7. The van der Waals surface area contributed by atoms with Gasteiger partial charge in [0, 0.05) is 11.4 Å². The van der Waals surface area contributed by atoms with Crippen LogP contribution in [0.25, 0.3) is 0 Å². The fraction of sp³-hybridized carbons (Fsp3) is 0. The van der Waals surface area contributed by atoms with E-state index < -0.39 is 33.0 Å². The van der Waals surface area contributed by atoms with Crippen LogP contribution in [0.3, 0.4) is 0 Å². The van der Waals surface area contributed by atoms with Crippen molar-refractivity contribution in [3.63, 3.8) is 0 Å². The van der Waals surface area contributed by atoms with Crippen LogP contribution in [0.4, 0.5) is 31.1 Å². The highest BCUT2D eigenvalue weighted by Crippen LogP contribution is 2.31. The average Bonchev–Trinajstić information content (AvgIpc) is 3.14. The number of carbonyl (C=O) groups excluding carboxylic acids is 1. The largest absolute Gasteiger partial charge is 0.382 e. The molecule has 3 aromatic carbocycles. The Labute approximate surface area is 192 Å². The predicted molar refractivity (Wildman–Crippen MR) is 123 cm³/mol. The van der Waals surface area contributed by atoms with Crippen LogP contribution < -0.4 is 15.8 Å². The number of nitrogens with one attached hydrogen (secondary N) is 2. The van der Waals surface area contributed by atoms with Gasteiger partial charge in [-0.05, 0) is 48.5 Å². The van der Waals surface area contributed by atoms with Gasteiger partial charge in [0.25, 0.3) is 10.0 Å². The van der Waals surface area contributed by atoms with Gasteiger partial charge >= 0.3 is 0 Å². The first-order valence-corrected chi connectivity index (χ1v) is 11.7. The average molecular weight is 487 g/mol. The number of hydrogen-bond donors (Lipinski definition) is 3. The molecule has 1 aromatic heterocycles. The molecule has 0 unspecified atom stereocenters. The molecule has 4 rings (SSSR count). The second kappa shape index (κ2) is 8.96. The third kappa shape index (κ3) is 4.83. The summed E-state index contributed by atoms with van der Waals surface area (Å²) in [4.78, 5) is 16.5. The second-order valence-electron chi connectivity index (χ2n) is 6.78. The lowest BCUT2D eigenvalue weighted by molar-refractivity contribution is 0.103. The SMILES string of the molecule is Nc1nc(Nc2ccc(S(=O)(=O)Nc3ccccc3)cc2)sc1C(=O)c1c(F)cccc1F. The zero-order chi connectivity index (χ0) is 23.6. The van der Waals surface area contributed by atoms with Crippen molar-refractivity contribution in [3.8, 4) is 0 Å².